The number of rotatable bonds is 1. The summed E-state index contributed by atoms with van der Waals surface area (Å²) in [4.78, 5) is 24.0. The molecule has 5 heteroatoms. The molecule has 0 spiro atoms. The minimum atomic E-state index is -0.710. The van der Waals surface area contributed by atoms with E-state index in [2.05, 4.69) is 16.6 Å². The lowest BCUT2D eigenvalue weighted by Gasteiger charge is -2.19. The van der Waals surface area contributed by atoms with Crippen LogP contribution in [0, 0.1) is 11.8 Å². The summed E-state index contributed by atoms with van der Waals surface area (Å²) < 4.78 is 4.55. The number of β-amino-alcohol motifs (C(OH)–C–C–N with tert-alkyl or cyclic N) is 1. The molecule has 0 radical (unpaired) electrons. The standard InChI is InChI=1S/C10H13NO4/c1-3-4-9(13)11-6-7(12)5-8(11)10(14)15-2/h7-8,12H,5-6H2,1-2H3. The highest BCUT2D eigenvalue weighted by Crippen LogP contribution is 2.18. The van der Waals surface area contributed by atoms with Crippen LogP contribution in [0.3, 0.4) is 0 Å². The van der Waals surface area contributed by atoms with Gasteiger partial charge in [0.25, 0.3) is 5.91 Å². The van der Waals surface area contributed by atoms with E-state index < -0.39 is 24.0 Å². The van der Waals surface area contributed by atoms with Crippen LogP contribution in [0.5, 0.6) is 0 Å². The fraction of sp³-hybridized carbons (Fsp3) is 0.600. The first-order chi connectivity index (χ1) is 7.10. The zero-order valence-corrected chi connectivity index (χ0v) is 8.69. The number of ether oxygens (including phenoxy) is 1. The Morgan fingerprint density at radius 2 is 2.20 bits per heavy atom. The van der Waals surface area contributed by atoms with Crippen molar-refractivity contribution in [2.24, 2.45) is 0 Å². The Hall–Kier alpha value is -1.54. The van der Waals surface area contributed by atoms with Gasteiger partial charge in [0.1, 0.15) is 6.04 Å². The van der Waals surface area contributed by atoms with Gasteiger partial charge < -0.3 is 14.7 Å². The molecular weight excluding hydrogens is 198 g/mol. The maximum absolute atomic E-state index is 11.5. The third kappa shape index (κ3) is 2.48. The van der Waals surface area contributed by atoms with Crippen LogP contribution in [0.4, 0.5) is 0 Å². The zero-order valence-electron chi connectivity index (χ0n) is 8.69. The maximum Gasteiger partial charge on any atom is 0.328 e. The van der Waals surface area contributed by atoms with Crippen molar-refractivity contribution in [3.8, 4) is 11.8 Å². The number of esters is 1. The molecule has 0 saturated carbocycles. The van der Waals surface area contributed by atoms with Gasteiger partial charge in [0.05, 0.1) is 13.2 Å². The van der Waals surface area contributed by atoms with E-state index in [9.17, 15) is 14.7 Å². The summed E-state index contributed by atoms with van der Waals surface area (Å²) >= 11 is 0. The molecule has 1 aliphatic heterocycles. The molecule has 1 N–H and O–H groups in total. The van der Waals surface area contributed by atoms with Crippen LogP contribution in [-0.4, -0.2) is 47.7 Å². The van der Waals surface area contributed by atoms with Crippen molar-refractivity contribution in [3.05, 3.63) is 0 Å². The lowest BCUT2D eigenvalue weighted by molar-refractivity contribution is -0.149. The zero-order chi connectivity index (χ0) is 11.4. The summed E-state index contributed by atoms with van der Waals surface area (Å²) in [5.41, 5.74) is 0. The average molecular weight is 211 g/mol. The van der Waals surface area contributed by atoms with Gasteiger partial charge in [-0.2, -0.15) is 0 Å². The van der Waals surface area contributed by atoms with Gasteiger partial charge in [0, 0.05) is 13.0 Å². The van der Waals surface area contributed by atoms with Crippen molar-refractivity contribution in [1.82, 2.24) is 4.90 Å². The van der Waals surface area contributed by atoms with Crippen molar-refractivity contribution in [1.29, 1.82) is 0 Å². The third-order valence-corrected chi connectivity index (χ3v) is 2.25. The Balaban J connectivity index is 2.80. The number of aliphatic hydroxyl groups is 1. The van der Waals surface area contributed by atoms with E-state index in [1.165, 1.54) is 18.9 Å². The Morgan fingerprint density at radius 3 is 2.73 bits per heavy atom. The molecule has 0 aromatic carbocycles. The Labute approximate surface area is 88.0 Å². The Bertz CT molecular complexity index is 328. The van der Waals surface area contributed by atoms with E-state index >= 15 is 0 Å². The van der Waals surface area contributed by atoms with Crippen molar-refractivity contribution < 1.29 is 19.4 Å². The summed E-state index contributed by atoms with van der Waals surface area (Å²) in [7, 11) is 1.25. The molecule has 15 heavy (non-hydrogen) atoms. The predicted molar refractivity (Wildman–Crippen MR) is 51.6 cm³/mol. The lowest BCUT2D eigenvalue weighted by atomic mass is 10.2. The van der Waals surface area contributed by atoms with E-state index in [0.717, 1.165) is 0 Å². The van der Waals surface area contributed by atoms with Crippen LogP contribution >= 0.6 is 0 Å². The predicted octanol–water partition coefficient (Wildman–Crippen LogP) is -0.856. The summed E-state index contributed by atoms with van der Waals surface area (Å²) in [6, 6.07) is -0.710. The quantitative estimate of drug-likeness (QED) is 0.453. The number of hydrogen-bond donors (Lipinski definition) is 1. The topological polar surface area (TPSA) is 66.8 Å². The van der Waals surface area contributed by atoms with Gasteiger partial charge in [-0.1, -0.05) is 5.92 Å². The molecule has 0 aliphatic carbocycles. The van der Waals surface area contributed by atoms with Gasteiger partial charge in [0.15, 0.2) is 0 Å². The van der Waals surface area contributed by atoms with Crippen LogP contribution in [0.25, 0.3) is 0 Å². The second-order valence-corrected chi connectivity index (χ2v) is 3.26. The monoisotopic (exact) mass is 211 g/mol. The van der Waals surface area contributed by atoms with E-state index in [1.807, 2.05) is 0 Å². The van der Waals surface area contributed by atoms with Crippen LogP contribution in [-0.2, 0) is 14.3 Å². The molecule has 2 unspecified atom stereocenters. The van der Waals surface area contributed by atoms with Gasteiger partial charge in [-0.15, -0.1) is 0 Å². The summed E-state index contributed by atoms with van der Waals surface area (Å²) in [5, 5.41) is 9.38. The molecule has 1 rings (SSSR count). The van der Waals surface area contributed by atoms with Gasteiger partial charge >= 0.3 is 5.97 Å². The lowest BCUT2D eigenvalue weighted by Crippen LogP contribution is -2.40. The minimum Gasteiger partial charge on any atom is -0.467 e. The summed E-state index contributed by atoms with van der Waals surface area (Å²) in [6.45, 7) is 1.67. The fourth-order valence-electron chi connectivity index (χ4n) is 1.58. The molecule has 1 fully saturated rings. The number of hydrogen-bond acceptors (Lipinski definition) is 4. The smallest absolute Gasteiger partial charge is 0.328 e. The van der Waals surface area contributed by atoms with E-state index in [-0.39, 0.29) is 13.0 Å². The molecule has 1 saturated heterocycles. The highest BCUT2D eigenvalue weighted by Gasteiger charge is 2.39. The molecule has 1 heterocycles. The molecule has 1 amide bonds. The van der Waals surface area contributed by atoms with Crippen molar-refractivity contribution in [2.45, 2.75) is 25.5 Å². The minimum absolute atomic E-state index is 0.132. The molecule has 5 nitrogen and oxygen atoms in total. The highest BCUT2D eigenvalue weighted by atomic mass is 16.5. The number of carbonyl (C=O) groups is 2. The summed E-state index contributed by atoms with van der Waals surface area (Å²) in [6.07, 6.45) is -0.471. The van der Waals surface area contributed by atoms with Crippen LogP contribution in [0.2, 0.25) is 0 Å². The van der Waals surface area contributed by atoms with Crippen molar-refractivity contribution >= 4 is 11.9 Å². The summed E-state index contributed by atoms with van der Waals surface area (Å²) in [5.74, 6) is 3.83. The average Bonchev–Trinajstić information content (AvgIpc) is 2.59. The number of nitrogens with zero attached hydrogens (tertiary/aromatic N) is 1. The third-order valence-electron chi connectivity index (χ3n) is 2.25. The largest absolute Gasteiger partial charge is 0.467 e. The Morgan fingerprint density at radius 1 is 1.53 bits per heavy atom. The number of likely N-dealkylation sites (tertiary alicyclic amines) is 1. The van der Waals surface area contributed by atoms with Crippen LogP contribution in [0.15, 0.2) is 0 Å². The molecular formula is C10H13NO4. The van der Waals surface area contributed by atoms with E-state index in [4.69, 9.17) is 0 Å². The second kappa shape index (κ2) is 4.80. The van der Waals surface area contributed by atoms with Crippen LogP contribution < -0.4 is 0 Å². The molecule has 0 aromatic rings. The number of aliphatic hydroxyl groups excluding tert-OH is 1. The SMILES string of the molecule is CC#CC(=O)N1CC(O)CC1C(=O)OC. The number of amides is 1. The Kier molecular flexibility index (Phi) is 3.69. The highest BCUT2D eigenvalue weighted by molar-refractivity contribution is 5.96. The van der Waals surface area contributed by atoms with Crippen molar-refractivity contribution in [3.63, 3.8) is 0 Å². The maximum atomic E-state index is 11.5. The first-order valence-electron chi connectivity index (χ1n) is 4.59. The normalized spacial score (nSPS) is 24.3. The van der Waals surface area contributed by atoms with Gasteiger partial charge in [-0.25, -0.2) is 4.79 Å². The molecule has 2 atom stereocenters. The molecule has 82 valence electrons. The van der Waals surface area contributed by atoms with Crippen molar-refractivity contribution in [2.75, 3.05) is 13.7 Å². The first-order valence-corrected chi connectivity index (χ1v) is 4.59. The molecule has 0 bridgehead atoms. The molecule has 1 aliphatic rings. The second-order valence-electron chi connectivity index (χ2n) is 3.26. The van der Waals surface area contributed by atoms with Crippen LogP contribution in [0.1, 0.15) is 13.3 Å². The van der Waals surface area contributed by atoms with Gasteiger partial charge in [-0.05, 0) is 12.8 Å². The van der Waals surface area contributed by atoms with E-state index in [0.29, 0.717) is 0 Å². The first kappa shape index (κ1) is 11.5. The molecule has 0 aromatic heterocycles. The van der Waals surface area contributed by atoms with E-state index in [1.54, 1.807) is 0 Å². The van der Waals surface area contributed by atoms with Gasteiger partial charge in [-0.3, -0.25) is 4.79 Å². The number of methoxy groups -OCH3 is 1. The number of carbonyl (C=O) groups excluding carboxylic acids is 2. The fourth-order valence-corrected chi connectivity index (χ4v) is 1.58. The van der Waals surface area contributed by atoms with Gasteiger partial charge in [0.2, 0.25) is 0 Å².